The summed E-state index contributed by atoms with van der Waals surface area (Å²) in [4.78, 5) is 11.2. The molecule has 0 saturated carbocycles. The summed E-state index contributed by atoms with van der Waals surface area (Å²) < 4.78 is 15.1. The highest BCUT2D eigenvalue weighted by molar-refractivity contribution is 6.00. The lowest BCUT2D eigenvalue weighted by molar-refractivity contribution is 0.0698. The summed E-state index contributed by atoms with van der Waals surface area (Å²) in [7, 11) is 0. The first-order valence-electron chi connectivity index (χ1n) is 5.96. The molecule has 1 N–H and O–H groups in total. The van der Waals surface area contributed by atoms with Crippen molar-refractivity contribution in [2.45, 2.75) is 6.54 Å². The van der Waals surface area contributed by atoms with Crippen LogP contribution in [0.15, 0.2) is 42.5 Å². The van der Waals surface area contributed by atoms with Crippen LogP contribution < -0.4 is 0 Å². The van der Waals surface area contributed by atoms with Gasteiger partial charge >= 0.3 is 5.97 Å². The van der Waals surface area contributed by atoms with Crippen molar-refractivity contribution in [3.05, 3.63) is 59.4 Å². The lowest BCUT2D eigenvalue weighted by Crippen LogP contribution is -2.07. The number of aromatic carboxylic acids is 1. The summed E-state index contributed by atoms with van der Waals surface area (Å²) in [5.74, 6) is -1.42. The molecule has 3 aromatic rings. The van der Waals surface area contributed by atoms with Gasteiger partial charge in [0.2, 0.25) is 0 Å². The van der Waals surface area contributed by atoms with Crippen molar-refractivity contribution in [3.8, 4) is 0 Å². The summed E-state index contributed by atoms with van der Waals surface area (Å²) in [5.41, 5.74) is 1.40. The second-order valence-electron chi connectivity index (χ2n) is 4.32. The topological polar surface area (TPSA) is 68.0 Å². The van der Waals surface area contributed by atoms with E-state index in [1.165, 1.54) is 16.8 Å². The molecule has 20 heavy (non-hydrogen) atoms. The van der Waals surface area contributed by atoms with E-state index in [2.05, 4.69) is 10.3 Å². The van der Waals surface area contributed by atoms with Gasteiger partial charge in [-0.1, -0.05) is 29.5 Å². The summed E-state index contributed by atoms with van der Waals surface area (Å²) in [6.07, 6.45) is 0. The number of hydrogen-bond acceptors (Lipinski definition) is 3. The van der Waals surface area contributed by atoms with Crippen LogP contribution >= 0.6 is 0 Å². The molecular weight excluding hydrogens is 261 g/mol. The zero-order valence-corrected chi connectivity index (χ0v) is 10.3. The highest BCUT2D eigenvalue weighted by atomic mass is 19.1. The van der Waals surface area contributed by atoms with Gasteiger partial charge in [0.25, 0.3) is 0 Å². The largest absolute Gasteiger partial charge is 0.478 e. The Kier molecular flexibility index (Phi) is 2.90. The van der Waals surface area contributed by atoms with E-state index in [1.807, 2.05) is 0 Å². The molecule has 0 radical (unpaired) electrons. The third kappa shape index (κ3) is 2.01. The number of nitrogens with zero attached hydrogens (tertiary/aromatic N) is 3. The van der Waals surface area contributed by atoms with E-state index in [9.17, 15) is 14.3 Å². The van der Waals surface area contributed by atoms with Gasteiger partial charge in [-0.3, -0.25) is 0 Å². The number of carbonyl (C=O) groups is 1. The Balaban J connectivity index is 2.13. The lowest BCUT2D eigenvalue weighted by Gasteiger charge is -2.05. The summed E-state index contributed by atoms with van der Waals surface area (Å²) in [6.45, 7) is 0.132. The minimum atomic E-state index is -1.06. The average molecular weight is 271 g/mol. The molecule has 100 valence electrons. The van der Waals surface area contributed by atoms with E-state index in [0.717, 1.165) is 0 Å². The minimum absolute atomic E-state index is 0.101. The van der Waals surface area contributed by atoms with Crippen LogP contribution in [0, 0.1) is 5.82 Å². The fourth-order valence-electron chi connectivity index (χ4n) is 2.10. The van der Waals surface area contributed by atoms with Gasteiger partial charge in [-0.05, 0) is 18.2 Å². The molecule has 0 unspecified atom stereocenters. The first-order chi connectivity index (χ1) is 9.66. The van der Waals surface area contributed by atoms with Crippen molar-refractivity contribution in [1.82, 2.24) is 15.0 Å². The molecular formula is C14H10FN3O2. The third-order valence-corrected chi connectivity index (χ3v) is 3.04. The number of aromatic nitrogens is 3. The first-order valence-corrected chi connectivity index (χ1v) is 5.96. The maximum atomic E-state index is 13.7. The predicted octanol–water partition coefficient (Wildman–Crippen LogP) is 2.32. The molecule has 0 bridgehead atoms. The van der Waals surface area contributed by atoms with Crippen molar-refractivity contribution < 1.29 is 14.3 Å². The molecule has 0 amide bonds. The van der Waals surface area contributed by atoms with Crippen LogP contribution in [0.1, 0.15) is 15.9 Å². The summed E-state index contributed by atoms with van der Waals surface area (Å²) in [5, 5.41) is 17.0. The quantitative estimate of drug-likeness (QED) is 0.793. The number of para-hydroxylation sites is 1. The zero-order valence-electron chi connectivity index (χ0n) is 10.3. The number of fused-ring (bicyclic) bond motifs is 1. The Morgan fingerprint density at radius 2 is 2.00 bits per heavy atom. The van der Waals surface area contributed by atoms with Crippen molar-refractivity contribution in [3.63, 3.8) is 0 Å². The molecule has 3 rings (SSSR count). The Labute approximate surface area is 113 Å². The predicted molar refractivity (Wildman–Crippen MR) is 70.0 cm³/mol. The molecule has 0 aliphatic carbocycles. The first kappa shape index (κ1) is 12.3. The minimum Gasteiger partial charge on any atom is -0.478 e. The van der Waals surface area contributed by atoms with E-state index in [1.54, 1.807) is 30.3 Å². The van der Waals surface area contributed by atoms with Crippen molar-refractivity contribution in [2.75, 3.05) is 0 Å². The van der Waals surface area contributed by atoms with E-state index < -0.39 is 5.97 Å². The van der Waals surface area contributed by atoms with E-state index in [-0.39, 0.29) is 17.9 Å². The van der Waals surface area contributed by atoms with Gasteiger partial charge < -0.3 is 5.11 Å². The maximum absolute atomic E-state index is 13.7. The molecule has 6 heteroatoms. The van der Waals surface area contributed by atoms with Crippen LogP contribution in [0.3, 0.4) is 0 Å². The third-order valence-electron chi connectivity index (χ3n) is 3.04. The highest BCUT2D eigenvalue weighted by Crippen LogP contribution is 2.18. The van der Waals surface area contributed by atoms with Crippen LogP contribution in [0.4, 0.5) is 4.39 Å². The van der Waals surface area contributed by atoms with Crippen molar-refractivity contribution in [2.24, 2.45) is 0 Å². The van der Waals surface area contributed by atoms with E-state index in [0.29, 0.717) is 16.6 Å². The van der Waals surface area contributed by atoms with Crippen molar-refractivity contribution in [1.29, 1.82) is 0 Å². The molecule has 2 aromatic carbocycles. The number of carboxylic acids is 1. The van der Waals surface area contributed by atoms with Crippen molar-refractivity contribution >= 4 is 17.0 Å². The van der Waals surface area contributed by atoms with Crippen LogP contribution in [-0.4, -0.2) is 26.1 Å². The molecule has 0 aliphatic rings. The van der Waals surface area contributed by atoms with E-state index >= 15 is 0 Å². The molecule has 0 saturated heterocycles. The van der Waals surface area contributed by atoms with Gasteiger partial charge in [-0.25, -0.2) is 13.9 Å². The second-order valence-corrected chi connectivity index (χ2v) is 4.32. The van der Waals surface area contributed by atoms with Gasteiger partial charge in [0.1, 0.15) is 16.9 Å². The Bertz CT molecular complexity index is 798. The lowest BCUT2D eigenvalue weighted by atomic mass is 10.1. The molecule has 1 heterocycles. The molecule has 0 spiro atoms. The number of carboxylic acid groups (broad SMARTS) is 1. The number of benzene rings is 2. The number of rotatable bonds is 3. The Morgan fingerprint density at radius 3 is 2.75 bits per heavy atom. The van der Waals surface area contributed by atoms with Crippen LogP contribution in [0.2, 0.25) is 0 Å². The van der Waals surface area contributed by atoms with Gasteiger partial charge in [0.05, 0.1) is 12.1 Å². The summed E-state index contributed by atoms with van der Waals surface area (Å²) >= 11 is 0. The second kappa shape index (κ2) is 4.73. The number of hydrogen-bond donors (Lipinski definition) is 1. The maximum Gasteiger partial charge on any atom is 0.337 e. The van der Waals surface area contributed by atoms with Gasteiger partial charge in [0.15, 0.2) is 0 Å². The molecule has 0 atom stereocenters. The van der Waals surface area contributed by atoms with Crippen LogP contribution in [0.5, 0.6) is 0 Å². The standard InChI is InChI=1S/C14H10FN3O2/c15-11-6-2-1-4-9(11)8-18-13-10(14(19)20)5-3-7-12(13)16-17-18/h1-7H,8H2,(H,19,20). The average Bonchev–Trinajstić information content (AvgIpc) is 2.84. The van der Waals surface area contributed by atoms with Gasteiger partial charge in [0, 0.05) is 5.56 Å². The molecule has 5 nitrogen and oxygen atoms in total. The van der Waals surface area contributed by atoms with Crippen LogP contribution in [-0.2, 0) is 6.54 Å². The number of halogens is 1. The van der Waals surface area contributed by atoms with Crippen LogP contribution in [0.25, 0.3) is 11.0 Å². The Morgan fingerprint density at radius 1 is 1.20 bits per heavy atom. The van der Waals surface area contributed by atoms with Gasteiger partial charge in [-0.2, -0.15) is 0 Å². The SMILES string of the molecule is O=C(O)c1cccc2nnn(Cc3ccccc3F)c12. The fourth-order valence-corrected chi connectivity index (χ4v) is 2.10. The Hall–Kier alpha value is -2.76. The fraction of sp³-hybridized carbons (Fsp3) is 0.0714. The monoisotopic (exact) mass is 271 g/mol. The molecule has 0 aliphatic heterocycles. The molecule has 0 fully saturated rings. The molecule has 1 aromatic heterocycles. The van der Waals surface area contributed by atoms with Gasteiger partial charge in [-0.15, -0.1) is 5.10 Å². The highest BCUT2D eigenvalue weighted by Gasteiger charge is 2.15. The normalized spacial score (nSPS) is 10.8. The summed E-state index contributed by atoms with van der Waals surface area (Å²) in [6, 6.07) is 11.1. The van der Waals surface area contributed by atoms with E-state index in [4.69, 9.17) is 0 Å². The smallest absolute Gasteiger partial charge is 0.337 e. The zero-order chi connectivity index (χ0) is 14.1.